The third-order valence-electron chi connectivity index (χ3n) is 7.78. The lowest BCUT2D eigenvalue weighted by molar-refractivity contribution is 0.476. The van der Waals surface area contributed by atoms with E-state index in [1.807, 2.05) is 121 Å². The Bertz CT molecular complexity index is 2270. The van der Waals surface area contributed by atoms with Crippen LogP contribution in [-0.2, 0) is 0 Å². The average molecular weight is 587 g/mol. The van der Waals surface area contributed by atoms with Gasteiger partial charge in [-0.1, -0.05) is 84.9 Å². The van der Waals surface area contributed by atoms with Gasteiger partial charge in [-0.15, -0.1) is 0 Å². The van der Waals surface area contributed by atoms with Gasteiger partial charge in [-0.3, -0.25) is 9.13 Å². The summed E-state index contributed by atoms with van der Waals surface area (Å²) in [6, 6.07) is 48.9. The van der Waals surface area contributed by atoms with Crippen molar-refractivity contribution in [1.29, 1.82) is 0 Å². The van der Waals surface area contributed by atoms with Gasteiger partial charge >= 0.3 is 0 Å². The van der Waals surface area contributed by atoms with Gasteiger partial charge in [0.2, 0.25) is 0 Å². The van der Waals surface area contributed by atoms with Crippen molar-refractivity contribution in [2.45, 2.75) is 6.92 Å². The normalized spacial score (nSPS) is 11.0. The van der Waals surface area contributed by atoms with E-state index in [1.54, 1.807) is 12.1 Å². The van der Waals surface area contributed by atoms with Crippen LogP contribution in [0.1, 0.15) is 5.56 Å². The quantitative estimate of drug-likeness (QED) is 0.216. The van der Waals surface area contributed by atoms with E-state index >= 15 is 0 Å². The van der Waals surface area contributed by atoms with Crippen molar-refractivity contribution in [1.82, 2.24) is 19.1 Å². The van der Waals surface area contributed by atoms with Crippen molar-refractivity contribution < 1.29 is 10.2 Å². The largest absolute Gasteiger partial charge is 0.507 e. The van der Waals surface area contributed by atoms with E-state index in [2.05, 4.69) is 34.3 Å². The molecule has 8 aromatic rings. The number of phenols is 2. The SMILES string of the molecule is Cc1ccccc1-n1c(-c2ccccc2O)nc2ccccc21.Oc1ccccc1-c1nc2ccccc2n1-c1ccccc1. The van der Waals surface area contributed by atoms with E-state index in [1.165, 1.54) is 0 Å². The summed E-state index contributed by atoms with van der Waals surface area (Å²) in [5.41, 5.74) is 8.57. The van der Waals surface area contributed by atoms with Gasteiger partial charge in [-0.05, 0) is 79.2 Å². The fraction of sp³-hybridized carbons (Fsp3) is 0.0256. The van der Waals surface area contributed by atoms with Crippen LogP contribution in [0.2, 0.25) is 0 Å². The third-order valence-corrected chi connectivity index (χ3v) is 7.78. The molecule has 2 heterocycles. The molecule has 0 bridgehead atoms. The second kappa shape index (κ2) is 11.9. The second-order valence-electron chi connectivity index (χ2n) is 10.7. The van der Waals surface area contributed by atoms with E-state index in [4.69, 9.17) is 9.97 Å². The molecule has 0 atom stereocenters. The van der Waals surface area contributed by atoms with Crippen LogP contribution < -0.4 is 0 Å². The monoisotopic (exact) mass is 586 g/mol. The fourth-order valence-corrected chi connectivity index (χ4v) is 5.64. The van der Waals surface area contributed by atoms with Gasteiger partial charge in [0.15, 0.2) is 0 Å². The zero-order valence-electron chi connectivity index (χ0n) is 24.6. The number of rotatable bonds is 4. The molecule has 45 heavy (non-hydrogen) atoms. The van der Waals surface area contributed by atoms with Gasteiger partial charge in [0.05, 0.1) is 38.9 Å². The summed E-state index contributed by atoms with van der Waals surface area (Å²) in [5, 5.41) is 20.5. The van der Waals surface area contributed by atoms with Crippen LogP contribution >= 0.6 is 0 Å². The van der Waals surface area contributed by atoms with Crippen molar-refractivity contribution in [2.75, 3.05) is 0 Å². The molecule has 218 valence electrons. The highest BCUT2D eigenvalue weighted by molar-refractivity contribution is 5.85. The second-order valence-corrected chi connectivity index (χ2v) is 10.7. The summed E-state index contributed by atoms with van der Waals surface area (Å²) in [6.45, 7) is 2.08. The van der Waals surface area contributed by atoms with E-state index in [-0.39, 0.29) is 11.5 Å². The van der Waals surface area contributed by atoms with Crippen molar-refractivity contribution in [3.63, 3.8) is 0 Å². The number of hydrogen-bond donors (Lipinski definition) is 2. The summed E-state index contributed by atoms with van der Waals surface area (Å²) in [4.78, 5) is 9.49. The highest BCUT2D eigenvalue weighted by Crippen LogP contribution is 2.35. The standard InChI is InChI=1S/C20H16N2O.C19H14N2O/c1-14-8-2-5-11-17(14)22-18-12-6-4-10-16(18)21-20(22)15-9-3-7-13-19(15)23;22-18-13-7-4-10-15(18)19-20-16-11-5-6-12-17(16)21(19)14-8-2-1-3-9-14/h2-13,23H,1H3;1-13,22H. The van der Waals surface area contributed by atoms with E-state index < -0.39 is 0 Å². The van der Waals surface area contributed by atoms with Crippen molar-refractivity contribution in [2.24, 2.45) is 0 Å². The Balaban J connectivity index is 0.000000145. The molecule has 0 unspecified atom stereocenters. The Hall–Kier alpha value is -6.14. The minimum absolute atomic E-state index is 0.231. The molecule has 0 radical (unpaired) electrons. The van der Waals surface area contributed by atoms with E-state index in [9.17, 15) is 10.2 Å². The molecular weight excluding hydrogens is 556 g/mol. The topological polar surface area (TPSA) is 76.1 Å². The third kappa shape index (κ3) is 5.19. The van der Waals surface area contributed by atoms with Crippen molar-refractivity contribution in [3.05, 3.63) is 157 Å². The maximum absolute atomic E-state index is 10.3. The number of aromatic nitrogens is 4. The van der Waals surface area contributed by atoms with Crippen molar-refractivity contribution in [3.8, 4) is 45.6 Å². The Labute approximate surface area is 260 Å². The molecule has 0 saturated heterocycles. The highest BCUT2D eigenvalue weighted by atomic mass is 16.3. The molecule has 6 aromatic carbocycles. The van der Waals surface area contributed by atoms with Gasteiger partial charge in [-0.2, -0.15) is 0 Å². The molecule has 6 nitrogen and oxygen atoms in total. The minimum Gasteiger partial charge on any atom is -0.507 e. The zero-order valence-corrected chi connectivity index (χ0v) is 24.6. The molecule has 6 heteroatoms. The first-order chi connectivity index (χ1) is 22.1. The van der Waals surface area contributed by atoms with Crippen LogP contribution in [0.3, 0.4) is 0 Å². The number of fused-ring (bicyclic) bond motifs is 2. The first-order valence-electron chi connectivity index (χ1n) is 14.7. The van der Waals surface area contributed by atoms with Gasteiger partial charge < -0.3 is 10.2 Å². The molecule has 0 aliphatic carbocycles. The van der Waals surface area contributed by atoms with Crippen LogP contribution in [0.4, 0.5) is 0 Å². The van der Waals surface area contributed by atoms with Gasteiger partial charge in [0.25, 0.3) is 0 Å². The Morgan fingerprint density at radius 1 is 0.444 bits per heavy atom. The minimum atomic E-state index is 0.231. The summed E-state index contributed by atoms with van der Waals surface area (Å²) < 4.78 is 4.18. The molecule has 8 rings (SSSR count). The number of hydrogen-bond acceptors (Lipinski definition) is 4. The van der Waals surface area contributed by atoms with Gasteiger partial charge in [0, 0.05) is 5.69 Å². The van der Waals surface area contributed by atoms with Gasteiger partial charge in [0.1, 0.15) is 23.1 Å². The summed E-state index contributed by atoms with van der Waals surface area (Å²) in [5.74, 6) is 1.96. The zero-order chi connectivity index (χ0) is 30.8. The average Bonchev–Trinajstić information content (AvgIpc) is 3.65. The van der Waals surface area contributed by atoms with Crippen LogP contribution in [-0.4, -0.2) is 29.3 Å². The number of aryl methyl sites for hydroxylation is 1. The molecule has 0 amide bonds. The van der Waals surface area contributed by atoms with E-state index in [0.717, 1.165) is 61.8 Å². The Morgan fingerprint density at radius 3 is 1.47 bits per heavy atom. The first kappa shape index (κ1) is 27.7. The molecule has 0 saturated carbocycles. The number of aromatic hydroxyl groups is 2. The predicted molar refractivity (Wildman–Crippen MR) is 181 cm³/mol. The maximum atomic E-state index is 10.3. The smallest absolute Gasteiger partial charge is 0.149 e. The highest BCUT2D eigenvalue weighted by Gasteiger charge is 2.18. The molecule has 0 aliphatic heterocycles. The molecule has 0 fully saturated rings. The van der Waals surface area contributed by atoms with Crippen LogP contribution in [0.25, 0.3) is 56.2 Å². The van der Waals surface area contributed by atoms with Crippen LogP contribution in [0.5, 0.6) is 11.5 Å². The Kier molecular flexibility index (Phi) is 7.29. The molecular formula is C39H30N4O2. The van der Waals surface area contributed by atoms with Gasteiger partial charge in [-0.25, -0.2) is 9.97 Å². The Morgan fingerprint density at radius 2 is 0.889 bits per heavy atom. The summed E-state index contributed by atoms with van der Waals surface area (Å²) in [6.07, 6.45) is 0. The molecule has 0 spiro atoms. The van der Waals surface area contributed by atoms with E-state index in [0.29, 0.717) is 0 Å². The molecule has 2 N–H and O–H groups in total. The van der Waals surface area contributed by atoms with Crippen LogP contribution in [0, 0.1) is 6.92 Å². The summed E-state index contributed by atoms with van der Waals surface area (Å²) >= 11 is 0. The van der Waals surface area contributed by atoms with Crippen molar-refractivity contribution >= 4 is 22.1 Å². The maximum Gasteiger partial charge on any atom is 0.149 e. The number of benzene rings is 6. The number of phenolic OH excluding ortho intramolecular Hbond substituents is 2. The molecule has 2 aromatic heterocycles. The lowest BCUT2D eigenvalue weighted by Gasteiger charge is -2.12. The molecule has 0 aliphatic rings. The summed E-state index contributed by atoms with van der Waals surface area (Å²) in [7, 11) is 0. The first-order valence-corrected chi connectivity index (χ1v) is 14.7. The predicted octanol–water partition coefficient (Wildman–Crippen LogP) is 9.10. The fourth-order valence-electron chi connectivity index (χ4n) is 5.64. The van der Waals surface area contributed by atoms with Crippen LogP contribution in [0.15, 0.2) is 152 Å². The lowest BCUT2D eigenvalue weighted by Crippen LogP contribution is -1.99. The number of nitrogens with zero attached hydrogens (tertiary/aromatic N) is 4. The number of imidazole rings is 2. The lowest BCUT2D eigenvalue weighted by atomic mass is 10.1. The number of para-hydroxylation sites is 8.